The van der Waals surface area contributed by atoms with Crippen LogP contribution in [0.2, 0.25) is 5.15 Å². The third-order valence-electron chi connectivity index (χ3n) is 3.22. The van der Waals surface area contributed by atoms with E-state index < -0.39 is 0 Å². The number of carbonyl (C=O) groups is 1. The molecule has 2 N–H and O–H groups in total. The second-order valence-corrected chi connectivity index (χ2v) is 5.22. The lowest BCUT2D eigenvalue weighted by molar-refractivity contribution is -0.127. The maximum atomic E-state index is 12.1. The van der Waals surface area contributed by atoms with Crippen LogP contribution >= 0.6 is 11.6 Å². The molecule has 0 aromatic carbocycles. The number of likely N-dealkylation sites (N-methyl/N-ethyl adjacent to an activating group) is 1. The van der Waals surface area contributed by atoms with Crippen molar-refractivity contribution in [2.75, 3.05) is 26.2 Å². The molecule has 1 atom stereocenters. The van der Waals surface area contributed by atoms with E-state index in [0.29, 0.717) is 30.6 Å². The van der Waals surface area contributed by atoms with Crippen LogP contribution < -0.4 is 10.6 Å². The van der Waals surface area contributed by atoms with E-state index in [0.717, 1.165) is 18.8 Å². The Morgan fingerprint density at radius 2 is 2.40 bits per heavy atom. The van der Waals surface area contributed by atoms with Crippen LogP contribution in [0.15, 0.2) is 6.07 Å². The van der Waals surface area contributed by atoms with Crippen molar-refractivity contribution in [2.45, 2.75) is 26.4 Å². The van der Waals surface area contributed by atoms with Crippen molar-refractivity contribution in [3.63, 3.8) is 0 Å². The van der Waals surface area contributed by atoms with Crippen molar-refractivity contribution in [3.05, 3.63) is 22.7 Å². The van der Waals surface area contributed by atoms with Crippen LogP contribution in [0.3, 0.4) is 0 Å². The number of hydrogen-bond acceptors (Lipinski definition) is 5. The predicted molar refractivity (Wildman–Crippen MR) is 77.5 cm³/mol. The molecule has 0 saturated carbocycles. The maximum absolute atomic E-state index is 12.1. The van der Waals surface area contributed by atoms with Crippen molar-refractivity contribution in [2.24, 2.45) is 0 Å². The second kappa shape index (κ2) is 6.97. The van der Waals surface area contributed by atoms with Crippen LogP contribution in [0.1, 0.15) is 18.4 Å². The lowest BCUT2D eigenvalue weighted by atomic mass is 10.1. The van der Waals surface area contributed by atoms with Crippen LogP contribution in [0.5, 0.6) is 0 Å². The first kappa shape index (κ1) is 15.2. The normalized spacial score (nSPS) is 19.9. The molecule has 2 heterocycles. The Bertz CT molecular complexity index is 462. The fraction of sp³-hybridized carbons (Fsp3) is 0.615. The van der Waals surface area contributed by atoms with Gasteiger partial charge in [0, 0.05) is 31.9 Å². The predicted octanol–water partition coefficient (Wildman–Crippen LogP) is 0.348. The van der Waals surface area contributed by atoms with Gasteiger partial charge in [0.1, 0.15) is 17.0 Å². The molecule has 0 spiro atoms. The average molecular weight is 298 g/mol. The van der Waals surface area contributed by atoms with Gasteiger partial charge in [-0.1, -0.05) is 11.6 Å². The van der Waals surface area contributed by atoms with Crippen molar-refractivity contribution in [1.82, 2.24) is 25.5 Å². The highest BCUT2D eigenvalue weighted by Crippen LogP contribution is 2.11. The summed E-state index contributed by atoms with van der Waals surface area (Å²) < 4.78 is 0. The summed E-state index contributed by atoms with van der Waals surface area (Å²) in [5.74, 6) is 0.699. The molecule has 1 aromatic heterocycles. The molecule has 0 aliphatic carbocycles. The fourth-order valence-electron chi connectivity index (χ4n) is 2.33. The molecule has 2 rings (SSSR count). The van der Waals surface area contributed by atoms with Crippen molar-refractivity contribution in [3.8, 4) is 0 Å². The maximum Gasteiger partial charge on any atom is 0.238 e. The molecule has 6 nitrogen and oxygen atoms in total. The number of piperazine rings is 1. The van der Waals surface area contributed by atoms with Gasteiger partial charge in [-0.2, -0.15) is 0 Å². The third kappa shape index (κ3) is 3.88. The van der Waals surface area contributed by atoms with Gasteiger partial charge in [0.15, 0.2) is 0 Å². The van der Waals surface area contributed by atoms with Gasteiger partial charge < -0.3 is 10.6 Å². The molecule has 1 fully saturated rings. The molecule has 7 heteroatoms. The highest BCUT2D eigenvalue weighted by atomic mass is 35.5. The van der Waals surface area contributed by atoms with Gasteiger partial charge in [0.25, 0.3) is 0 Å². The Labute approximate surface area is 123 Å². The highest BCUT2D eigenvalue weighted by Gasteiger charge is 2.28. The summed E-state index contributed by atoms with van der Waals surface area (Å²) in [6.45, 7) is 7.26. The van der Waals surface area contributed by atoms with Crippen LogP contribution in [-0.2, 0) is 11.3 Å². The number of nitrogens with one attached hydrogen (secondary N) is 2. The van der Waals surface area contributed by atoms with Crippen LogP contribution in [0, 0.1) is 6.92 Å². The van der Waals surface area contributed by atoms with Gasteiger partial charge in [0.2, 0.25) is 5.91 Å². The molecule has 1 amide bonds. The van der Waals surface area contributed by atoms with E-state index >= 15 is 0 Å². The summed E-state index contributed by atoms with van der Waals surface area (Å²) in [7, 11) is 0. The quantitative estimate of drug-likeness (QED) is 0.785. The first-order chi connectivity index (χ1) is 9.60. The smallest absolute Gasteiger partial charge is 0.238 e. The Kier molecular flexibility index (Phi) is 5.28. The number of amides is 1. The number of nitrogens with zero attached hydrogens (tertiary/aromatic N) is 3. The van der Waals surface area contributed by atoms with E-state index in [4.69, 9.17) is 11.6 Å². The number of rotatable bonds is 4. The molecule has 1 aliphatic heterocycles. The van der Waals surface area contributed by atoms with Gasteiger partial charge in [-0.05, 0) is 19.9 Å². The lowest BCUT2D eigenvalue weighted by Gasteiger charge is -2.34. The van der Waals surface area contributed by atoms with Crippen molar-refractivity contribution < 1.29 is 4.79 Å². The number of hydrogen-bond donors (Lipinski definition) is 2. The molecule has 20 heavy (non-hydrogen) atoms. The minimum atomic E-state index is -0.188. The average Bonchev–Trinajstić information content (AvgIpc) is 2.38. The van der Waals surface area contributed by atoms with Crippen LogP contribution in [0.4, 0.5) is 0 Å². The summed E-state index contributed by atoms with van der Waals surface area (Å²) in [5.41, 5.74) is 0.838. The molecular formula is C13H20ClN5O. The van der Waals surface area contributed by atoms with Gasteiger partial charge in [0.05, 0.1) is 6.54 Å². The van der Waals surface area contributed by atoms with E-state index in [1.807, 2.05) is 13.8 Å². The largest absolute Gasteiger partial charge is 0.355 e. The molecule has 110 valence electrons. The number of aromatic nitrogens is 2. The SMILES string of the molecule is CCNC(=O)C1CNCCN1Cc1nc(C)cc(Cl)n1. The first-order valence-electron chi connectivity index (χ1n) is 6.82. The summed E-state index contributed by atoms with van der Waals surface area (Å²) in [4.78, 5) is 22.8. The lowest BCUT2D eigenvalue weighted by Crippen LogP contribution is -2.57. The zero-order valence-electron chi connectivity index (χ0n) is 11.8. The van der Waals surface area contributed by atoms with Gasteiger partial charge in [-0.15, -0.1) is 0 Å². The Balaban J connectivity index is 2.10. The molecule has 1 aliphatic rings. The van der Waals surface area contributed by atoms with E-state index in [2.05, 4.69) is 25.5 Å². The first-order valence-corrected chi connectivity index (χ1v) is 7.20. The van der Waals surface area contributed by atoms with Gasteiger partial charge in [-0.25, -0.2) is 9.97 Å². The molecule has 1 aromatic rings. The Hall–Kier alpha value is -1.24. The van der Waals surface area contributed by atoms with Crippen LogP contribution in [-0.4, -0.2) is 53.0 Å². The second-order valence-electron chi connectivity index (χ2n) is 4.83. The highest BCUT2D eigenvalue weighted by molar-refractivity contribution is 6.29. The molecule has 0 bridgehead atoms. The topological polar surface area (TPSA) is 70.2 Å². The Morgan fingerprint density at radius 1 is 1.60 bits per heavy atom. The summed E-state index contributed by atoms with van der Waals surface area (Å²) in [5, 5.41) is 6.55. The van der Waals surface area contributed by atoms with E-state index in [1.54, 1.807) is 6.07 Å². The monoisotopic (exact) mass is 297 g/mol. The number of aryl methyl sites for hydroxylation is 1. The molecular weight excluding hydrogens is 278 g/mol. The standard InChI is InChI=1S/C13H20ClN5O/c1-3-16-13(20)10-7-15-4-5-19(10)8-12-17-9(2)6-11(14)18-12/h6,10,15H,3-5,7-8H2,1-2H3,(H,16,20). The molecule has 0 radical (unpaired) electrons. The number of carbonyl (C=O) groups excluding carboxylic acids is 1. The molecule has 1 saturated heterocycles. The van der Waals surface area contributed by atoms with E-state index in [9.17, 15) is 4.79 Å². The number of halogens is 1. The van der Waals surface area contributed by atoms with Crippen LogP contribution in [0.25, 0.3) is 0 Å². The Morgan fingerprint density at radius 3 is 3.10 bits per heavy atom. The summed E-state index contributed by atoms with van der Waals surface area (Å²) in [6, 6.07) is 1.54. The van der Waals surface area contributed by atoms with Crippen molar-refractivity contribution in [1.29, 1.82) is 0 Å². The zero-order chi connectivity index (χ0) is 14.5. The minimum Gasteiger partial charge on any atom is -0.355 e. The van der Waals surface area contributed by atoms with Gasteiger partial charge >= 0.3 is 0 Å². The zero-order valence-corrected chi connectivity index (χ0v) is 12.6. The van der Waals surface area contributed by atoms with E-state index in [-0.39, 0.29) is 11.9 Å². The summed E-state index contributed by atoms with van der Waals surface area (Å²) >= 11 is 5.96. The molecule has 1 unspecified atom stereocenters. The summed E-state index contributed by atoms with van der Waals surface area (Å²) in [6.07, 6.45) is 0. The van der Waals surface area contributed by atoms with Gasteiger partial charge in [-0.3, -0.25) is 9.69 Å². The van der Waals surface area contributed by atoms with E-state index in [1.165, 1.54) is 0 Å². The third-order valence-corrected chi connectivity index (χ3v) is 3.42. The minimum absolute atomic E-state index is 0.0402. The van der Waals surface area contributed by atoms with Crippen molar-refractivity contribution >= 4 is 17.5 Å². The fourth-order valence-corrected chi connectivity index (χ4v) is 2.58.